The Balaban J connectivity index is 1.48. The molecule has 0 aromatic carbocycles. The number of aryl methyl sites for hydroxylation is 1. The van der Waals surface area contributed by atoms with Crippen molar-refractivity contribution in [2.75, 3.05) is 0 Å². The Kier molecular flexibility index (Phi) is 5.07. The minimum Gasteiger partial charge on any atom is -0.317 e. The lowest BCUT2D eigenvalue weighted by atomic mass is 9.71. The topological polar surface area (TPSA) is 78.2 Å². The second kappa shape index (κ2) is 7.98. The third kappa shape index (κ3) is 3.23. The molecule has 8 nitrogen and oxygen atoms in total. The van der Waals surface area contributed by atoms with Crippen molar-refractivity contribution in [3.8, 4) is 0 Å². The predicted molar refractivity (Wildman–Crippen MR) is 139 cm³/mol. The fourth-order valence-electron chi connectivity index (χ4n) is 6.26. The monoisotopic (exact) mass is 482 g/mol. The zero-order valence-corrected chi connectivity index (χ0v) is 22.0. The molecule has 1 unspecified atom stereocenters. The third-order valence-corrected chi connectivity index (χ3v) is 8.38. The number of aromatic nitrogens is 8. The van der Waals surface area contributed by atoms with E-state index >= 15 is 0 Å². The van der Waals surface area contributed by atoms with Crippen LogP contribution in [0.5, 0.6) is 0 Å². The van der Waals surface area contributed by atoms with Crippen LogP contribution < -0.4 is 0 Å². The van der Waals surface area contributed by atoms with Gasteiger partial charge in [0, 0.05) is 34.7 Å². The minimum atomic E-state index is -0.300. The van der Waals surface area contributed by atoms with Crippen molar-refractivity contribution in [1.29, 1.82) is 0 Å². The Morgan fingerprint density at radius 1 is 0.889 bits per heavy atom. The Hall–Kier alpha value is -3.55. The van der Waals surface area contributed by atoms with Crippen LogP contribution in [0, 0.1) is 0 Å². The van der Waals surface area contributed by atoms with Gasteiger partial charge in [0.25, 0.3) is 0 Å². The molecule has 6 rings (SSSR count). The number of pyridine rings is 2. The SMILES string of the molecule is CC(C)c1ccc(C(C)(C)c2ccc(C(C)(C)C3CCCn4cnnc43)n3cncc23)n2cnnc12. The molecular formula is C28H34N8. The maximum atomic E-state index is 4.61. The molecule has 186 valence electrons. The maximum Gasteiger partial charge on any atom is 0.164 e. The summed E-state index contributed by atoms with van der Waals surface area (Å²) in [5.74, 6) is 1.75. The van der Waals surface area contributed by atoms with E-state index < -0.39 is 0 Å². The first-order valence-corrected chi connectivity index (χ1v) is 12.9. The summed E-state index contributed by atoms with van der Waals surface area (Å²) in [7, 11) is 0. The van der Waals surface area contributed by atoms with E-state index in [2.05, 4.69) is 105 Å². The lowest BCUT2D eigenvalue weighted by molar-refractivity contribution is 0.312. The van der Waals surface area contributed by atoms with Crippen LogP contribution in [0.4, 0.5) is 0 Å². The summed E-state index contributed by atoms with van der Waals surface area (Å²) in [6.07, 6.45) is 9.89. The summed E-state index contributed by atoms with van der Waals surface area (Å²) < 4.78 is 6.64. The van der Waals surface area contributed by atoms with Crippen molar-refractivity contribution in [1.82, 2.24) is 38.7 Å². The second-order valence-corrected chi connectivity index (χ2v) is 11.6. The molecule has 0 saturated heterocycles. The molecule has 1 aliphatic rings. The van der Waals surface area contributed by atoms with Crippen molar-refractivity contribution in [2.45, 2.75) is 83.6 Å². The van der Waals surface area contributed by atoms with Gasteiger partial charge in [-0.25, -0.2) is 4.98 Å². The van der Waals surface area contributed by atoms with E-state index in [0.29, 0.717) is 11.8 Å². The lowest BCUT2D eigenvalue weighted by Gasteiger charge is -2.38. The van der Waals surface area contributed by atoms with Gasteiger partial charge >= 0.3 is 0 Å². The minimum absolute atomic E-state index is 0.146. The standard InChI is InChI=1S/C28H34N8/c1-18(2)19-9-11-24(36-17-31-32-25(19)36)27(3,4)20-10-12-23(35-15-29-14-22(20)35)28(5,6)21-8-7-13-34-16-30-33-26(21)34/h9-12,14-18,21H,7-8,13H2,1-6H3. The van der Waals surface area contributed by atoms with Gasteiger partial charge < -0.3 is 8.97 Å². The van der Waals surface area contributed by atoms with Gasteiger partial charge in [-0.2, -0.15) is 0 Å². The second-order valence-electron chi connectivity index (χ2n) is 11.6. The van der Waals surface area contributed by atoms with Gasteiger partial charge in [-0.3, -0.25) is 4.40 Å². The summed E-state index contributed by atoms with van der Waals surface area (Å²) in [5.41, 5.74) is 6.43. The molecular weight excluding hydrogens is 448 g/mol. The summed E-state index contributed by atoms with van der Waals surface area (Å²) >= 11 is 0. The van der Waals surface area contributed by atoms with E-state index in [1.54, 1.807) is 0 Å². The largest absolute Gasteiger partial charge is 0.317 e. The average Bonchev–Trinajstić information content (AvgIpc) is 3.62. The normalized spacial score (nSPS) is 16.8. The van der Waals surface area contributed by atoms with Crippen LogP contribution in [0.1, 0.15) is 94.6 Å². The van der Waals surface area contributed by atoms with E-state index in [4.69, 9.17) is 0 Å². The molecule has 0 radical (unpaired) electrons. The van der Waals surface area contributed by atoms with E-state index in [-0.39, 0.29) is 10.8 Å². The van der Waals surface area contributed by atoms with Crippen LogP contribution in [0.2, 0.25) is 0 Å². The number of hydrogen-bond acceptors (Lipinski definition) is 5. The molecule has 0 spiro atoms. The van der Waals surface area contributed by atoms with Crippen molar-refractivity contribution in [2.24, 2.45) is 0 Å². The molecule has 0 aliphatic carbocycles. The summed E-state index contributed by atoms with van der Waals surface area (Å²) in [6.45, 7) is 14.6. The Morgan fingerprint density at radius 3 is 2.47 bits per heavy atom. The third-order valence-electron chi connectivity index (χ3n) is 8.38. The molecule has 0 N–H and O–H groups in total. The van der Waals surface area contributed by atoms with Gasteiger partial charge in [-0.1, -0.05) is 53.7 Å². The van der Waals surface area contributed by atoms with Crippen LogP contribution in [0.15, 0.2) is 49.4 Å². The van der Waals surface area contributed by atoms with Gasteiger partial charge in [-0.15, -0.1) is 20.4 Å². The van der Waals surface area contributed by atoms with Crippen LogP contribution in [-0.4, -0.2) is 38.7 Å². The molecule has 1 atom stereocenters. The van der Waals surface area contributed by atoms with Gasteiger partial charge in [0.2, 0.25) is 0 Å². The first kappa shape index (κ1) is 22.9. The number of fused-ring (bicyclic) bond motifs is 3. The Morgan fingerprint density at radius 2 is 1.67 bits per heavy atom. The first-order valence-electron chi connectivity index (χ1n) is 12.9. The molecule has 5 aromatic heterocycles. The highest BCUT2D eigenvalue weighted by atomic mass is 15.3. The van der Waals surface area contributed by atoms with Gasteiger partial charge in [0.05, 0.1) is 18.0 Å². The van der Waals surface area contributed by atoms with Gasteiger partial charge in [-0.05, 0) is 42.0 Å². The molecule has 5 aromatic rings. The molecule has 0 bridgehead atoms. The van der Waals surface area contributed by atoms with Crippen LogP contribution in [-0.2, 0) is 17.4 Å². The van der Waals surface area contributed by atoms with E-state index in [0.717, 1.165) is 42.1 Å². The van der Waals surface area contributed by atoms with Crippen molar-refractivity contribution >= 4 is 11.2 Å². The maximum absolute atomic E-state index is 4.61. The van der Waals surface area contributed by atoms with Gasteiger partial charge in [0.1, 0.15) is 18.5 Å². The van der Waals surface area contributed by atoms with E-state index in [1.165, 1.54) is 16.8 Å². The summed E-state index contributed by atoms with van der Waals surface area (Å²) in [4.78, 5) is 4.61. The predicted octanol–water partition coefficient (Wildman–Crippen LogP) is 5.27. The van der Waals surface area contributed by atoms with Crippen LogP contribution >= 0.6 is 0 Å². The highest BCUT2D eigenvalue weighted by Crippen LogP contribution is 2.44. The zero-order chi connectivity index (χ0) is 25.2. The van der Waals surface area contributed by atoms with Crippen molar-refractivity contribution in [3.63, 3.8) is 0 Å². The molecule has 8 heteroatoms. The smallest absolute Gasteiger partial charge is 0.164 e. The molecule has 0 amide bonds. The molecule has 0 saturated carbocycles. The highest BCUT2D eigenvalue weighted by Gasteiger charge is 2.39. The fourth-order valence-corrected chi connectivity index (χ4v) is 6.26. The molecule has 1 aliphatic heterocycles. The van der Waals surface area contributed by atoms with Crippen LogP contribution in [0.25, 0.3) is 11.2 Å². The number of nitrogens with zero attached hydrogens (tertiary/aromatic N) is 8. The number of rotatable bonds is 5. The zero-order valence-electron chi connectivity index (χ0n) is 22.0. The Labute approximate surface area is 211 Å². The van der Waals surface area contributed by atoms with Crippen LogP contribution in [0.3, 0.4) is 0 Å². The molecule has 6 heterocycles. The average molecular weight is 483 g/mol. The molecule has 36 heavy (non-hydrogen) atoms. The summed E-state index contributed by atoms with van der Waals surface area (Å²) in [6, 6.07) is 9.00. The van der Waals surface area contributed by atoms with E-state index in [9.17, 15) is 0 Å². The summed E-state index contributed by atoms with van der Waals surface area (Å²) in [5, 5.41) is 17.4. The fraction of sp³-hybridized carbons (Fsp3) is 0.464. The Bertz CT molecular complexity index is 1570. The lowest BCUT2D eigenvalue weighted by Crippen LogP contribution is -2.34. The highest BCUT2D eigenvalue weighted by molar-refractivity contribution is 5.62. The molecule has 0 fully saturated rings. The van der Waals surface area contributed by atoms with Gasteiger partial charge in [0.15, 0.2) is 5.65 Å². The first-order chi connectivity index (χ1) is 17.2. The van der Waals surface area contributed by atoms with Crippen molar-refractivity contribution in [3.05, 3.63) is 77.8 Å². The van der Waals surface area contributed by atoms with Crippen molar-refractivity contribution < 1.29 is 0 Å². The quantitative estimate of drug-likeness (QED) is 0.341. The number of imidazole rings is 1. The number of hydrogen-bond donors (Lipinski definition) is 0. The van der Waals surface area contributed by atoms with E-state index in [1.807, 2.05) is 25.2 Å².